The monoisotopic (exact) mass is 153 g/mol. The normalized spacial score (nSPS) is 39.2. The molecule has 62 valence electrons. The largest absolute Gasteiger partial charge is 0.300 e. The third-order valence-corrected chi connectivity index (χ3v) is 3.15. The van der Waals surface area contributed by atoms with E-state index in [0.29, 0.717) is 5.78 Å². The van der Waals surface area contributed by atoms with Crippen molar-refractivity contribution in [3.05, 3.63) is 0 Å². The van der Waals surface area contributed by atoms with Gasteiger partial charge in [-0.15, -0.1) is 0 Å². The van der Waals surface area contributed by atoms with E-state index in [4.69, 9.17) is 0 Å². The van der Waals surface area contributed by atoms with Gasteiger partial charge in [-0.05, 0) is 26.3 Å². The van der Waals surface area contributed by atoms with Gasteiger partial charge < -0.3 is 0 Å². The van der Waals surface area contributed by atoms with Crippen LogP contribution in [-0.2, 0) is 4.79 Å². The molecule has 0 bridgehead atoms. The van der Waals surface area contributed by atoms with E-state index in [9.17, 15) is 4.79 Å². The number of hydrogen-bond acceptors (Lipinski definition) is 2. The molecule has 2 heterocycles. The number of piperidine rings is 1. The van der Waals surface area contributed by atoms with E-state index in [2.05, 4.69) is 11.8 Å². The van der Waals surface area contributed by atoms with Gasteiger partial charge in [-0.2, -0.15) is 0 Å². The number of carbonyl (C=O) groups is 1. The first-order valence-electron chi connectivity index (χ1n) is 4.47. The number of rotatable bonds is 0. The van der Waals surface area contributed by atoms with Gasteiger partial charge in [0.05, 0.1) is 0 Å². The van der Waals surface area contributed by atoms with Crippen molar-refractivity contribution in [2.75, 3.05) is 13.1 Å². The summed E-state index contributed by atoms with van der Waals surface area (Å²) < 4.78 is 0. The fourth-order valence-electron chi connectivity index (χ4n) is 2.43. The lowest BCUT2D eigenvalue weighted by molar-refractivity contribution is -0.124. The van der Waals surface area contributed by atoms with Gasteiger partial charge in [0.1, 0.15) is 5.78 Å². The standard InChI is InChI=1S/C9H15NO/c1-9-4-2-5-10(9)6-3-8(11)7-9/h2-7H2,1H3/t9-/m0/s1. The second-order valence-corrected chi connectivity index (χ2v) is 4.05. The maximum absolute atomic E-state index is 11.2. The Kier molecular flexibility index (Phi) is 1.53. The van der Waals surface area contributed by atoms with Crippen LogP contribution in [0.4, 0.5) is 0 Å². The molecular weight excluding hydrogens is 138 g/mol. The first-order valence-corrected chi connectivity index (χ1v) is 4.47. The summed E-state index contributed by atoms with van der Waals surface area (Å²) in [5.74, 6) is 0.464. The van der Waals surface area contributed by atoms with E-state index >= 15 is 0 Å². The highest BCUT2D eigenvalue weighted by Crippen LogP contribution is 2.35. The van der Waals surface area contributed by atoms with E-state index in [0.717, 1.165) is 19.4 Å². The molecule has 0 unspecified atom stereocenters. The lowest BCUT2D eigenvalue weighted by atomic mass is 9.88. The number of fused-ring (bicyclic) bond motifs is 1. The predicted molar refractivity (Wildman–Crippen MR) is 43.5 cm³/mol. The Bertz CT molecular complexity index is 190. The van der Waals surface area contributed by atoms with E-state index in [1.807, 2.05) is 0 Å². The molecule has 0 aromatic rings. The van der Waals surface area contributed by atoms with Gasteiger partial charge in [0, 0.05) is 24.9 Å². The van der Waals surface area contributed by atoms with Crippen molar-refractivity contribution >= 4 is 5.78 Å². The molecule has 0 N–H and O–H groups in total. The van der Waals surface area contributed by atoms with Crippen molar-refractivity contribution in [1.29, 1.82) is 0 Å². The van der Waals surface area contributed by atoms with Crippen LogP contribution >= 0.6 is 0 Å². The molecule has 0 amide bonds. The topological polar surface area (TPSA) is 20.3 Å². The summed E-state index contributed by atoms with van der Waals surface area (Å²) in [5, 5.41) is 0. The Hall–Kier alpha value is -0.370. The van der Waals surface area contributed by atoms with Crippen molar-refractivity contribution in [2.45, 2.75) is 38.1 Å². The zero-order valence-electron chi connectivity index (χ0n) is 7.10. The molecule has 0 radical (unpaired) electrons. The van der Waals surface area contributed by atoms with Crippen LogP contribution < -0.4 is 0 Å². The Morgan fingerprint density at radius 1 is 1.45 bits per heavy atom. The van der Waals surface area contributed by atoms with Crippen LogP contribution in [0, 0.1) is 0 Å². The maximum atomic E-state index is 11.2. The van der Waals surface area contributed by atoms with Crippen molar-refractivity contribution in [3.8, 4) is 0 Å². The average Bonchev–Trinajstić information content (AvgIpc) is 2.28. The summed E-state index contributed by atoms with van der Waals surface area (Å²) >= 11 is 0. The van der Waals surface area contributed by atoms with Gasteiger partial charge in [0.2, 0.25) is 0 Å². The second kappa shape index (κ2) is 2.31. The minimum Gasteiger partial charge on any atom is -0.300 e. The van der Waals surface area contributed by atoms with Crippen LogP contribution in [0.2, 0.25) is 0 Å². The molecular formula is C9H15NO. The highest BCUT2D eigenvalue weighted by molar-refractivity contribution is 5.80. The quantitative estimate of drug-likeness (QED) is 0.521. The minimum absolute atomic E-state index is 0.245. The number of carbonyl (C=O) groups excluding carboxylic acids is 1. The fourth-order valence-corrected chi connectivity index (χ4v) is 2.43. The molecule has 0 saturated carbocycles. The zero-order valence-corrected chi connectivity index (χ0v) is 7.10. The lowest BCUT2D eigenvalue weighted by Crippen LogP contribution is -2.47. The summed E-state index contributed by atoms with van der Waals surface area (Å²) in [6, 6.07) is 0. The molecule has 11 heavy (non-hydrogen) atoms. The van der Waals surface area contributed by atoms with Gasteiger partial charge in [0.15, 0.2) is 0 Å². The Balaban J connectivity index is 2.16. The molecule has 0 aromatic heterocycles. The molecule has 2 nitrogen and oxygen atoms in total. The number of nitrogens with zero attached hydrogens (tertiary/aromatic N) is 1. The van der Waals surface area contributed by atoms with Crippen molar-refractivity contribution in [1.82, 2.24) is 4.90 Å². The van der Waals surface area contributed by atoms with Crippen LogP contribution in [-0.4, -0.2) is 29.3 Å². The number of ketones is 1. The Labute approximate surface area is 67.6 Å². The summed E-state index contributed by atoms with van der Waals surface area (Å²) in [6.45, 7) is 4.45. The Morgan fingerprint density at radius 2 is 2.27 bits per heavy atom. The first-order chi connectivity index (χ1) is 5.21. The van der Waals surface area contributed by atoms with Crippen LogP contribution in [0.1, 0.15) is 32.6 Å². The number of hydrogen-bond donors (Lipinski definition) is 0. The third kappa shape index (κ3) is 1.09. The lowest BCUT2D eigenvalue weighted by Gasteiger charge is -2.38. The van der Waals surface area contributed by atoms with E-state index in [1.165, 1.54) is 19.4 Å². The van der Waals surface area contributed by atoms with Crippen LogP contribution in [0.25, 0.3) is 0 Å². The van der Waals surface area contributed by atoms with Crippen LogP contribution in [0.15, 0.2) is 0 Å². The van der Waals surface area contributed by atoms with Crippen LogP contribution in [0.5, 0.6) is 0 Å². The van der Waals surface area contributed by atoms with Gasteiger partial charge in [-0.25, -0.2) is 0 Å². The van der Waals surface area contributed by atoms with Crippen molar-refractivity contribution in [2.24, 2.45) is 0 Å². The van der Waals surface area contributed by atoms with Crippen molar-refractivity contribution in [3.63, 3.8) is 0 Å². The molecule has 2 fully saturated rings. The molecule has 0 aromatic carbocycles. The molecule has 0 aliphatic carbocycles. The molecule has 2 saturated heterocycles. The van der Waals surface area contributed by atoms with Crippen LogP contribution in [0.3, 0.4) is 0 Å². The molecule has 2 heteroatoms. The molecule has 2 aliphatic rings. The Morgan fingerprint density at radius 3 is 3.09 bits per heavy atom. The van der Waals surface area contributed by atoms with E-state index in [1.54, 1.807) is 0 Å². The zero-order chi connectivity index (χ0) is 7.90. The molecule has 2 aliphatic heterocycles. The SMILES string of the molecule is C[C@@]12CCCN1CCC(=O)C2. The van der Waals surface area contributed by atoms with Gasteiger partial charge >= 0.3 is 0 Å². The summed E-state index contributed by atoms with van der Waals surface area (Å²) in [4.78, 5) is 13.7. The molecule has 1 atom stereocenters. The number of Topliss-reactive ketones (excluding diaryl/α,β-unsaturated/α-hetero) is 1. The molecule has 0 spiro atoms. The summed E-state index contributed by atoms with van der Waals surface area (Å²) in [5.41, 5.74) is 0.245. The third-order valence-electron chi connectivity index (χ3n) is 3.15. The average molecular weight is 153 g/mol. The van der Waals surface area contributed by atoms with Gasteiger partial charge in [-0.3, -0.25) is 9.69 Å². The summed E-state index contributed by atoms with van der Waals surface area (Å²) in [7, 11) is 0. The first kappa shape index (κ1) is 7.29. The van der Waals surface area contributed by atoms with Gasteiger partial charge in [-0.1, -0.05) is 0 Å². The predicted octanol–water partition coefficient (Wildman–Crippen LogP) is 1.20. The highest BCUT2D eigenvalue weighted by atomic mass is 16.1. The van der Waals surface area contributed by atoms with E-state index in [-0.39, 0.29) is 5.54 Å². The maximum Gasteiger partial charge on any atom is 0.136 e. The smallest absolute Gasteiger partial charge is 0.136 e. The van der Waals surface area contributed by atoms with Gasteiger partial charge in [0.25, 0.3) is 0 Å². The summed E-state index contributed by atoms with van der Waals surface area (Å²) in [6.07, 6.45) is 4.09. The molecule has 2 rings (SSSR count). The fraction of sp³-hybridized carbons (Fsp3) is 0.889. The van der Waals surface area contributed by atoms with Crippen molar-refractivity contribution < 1.29 is 4.79 Å². The minimum atomic E-state index is 0.245. The second-order valence-electron chi connectivity index (χ2n) is 4.05. The highest BCUT2D eigenvalue weighted by Gasteiger charge is 2.40. The van der Waals surface area contributed by atoms with E-state index < -0.39 is 0 Å².